The molecule has 0 radical (unpaired) electrons. The van der Waals surface area contributed by atoms with Crippen molar-refractivity contribution in [3.63, 3.8) is 0 Å². The van der Waals surface area contributed by atoms with Crippen molar-refractivity contribution in [2.75, 3.05) is 20.1 Å². The number of aliphatic hydroxyl groups is 1. The smallest absolute Gasteiger partial charge is 0.387 e. The van der Waals surface area contributed by atoms with Gasteiger partial charge in [0, 0.05) is 6.54 Å². The molecule has 1 unspecified atom stereocenters. The minimum atomic E-state index is -4.45. The molecule has 0 aromatic heterocycles. The second-order valence-electron chi connectivity index (χ2n) is 3.97. The summed E-state index contributed by atoms with van der Waals surface area (Å²) < 4.78 is 37.5. The molecule has 0 saturated heterocycles. The highest BCUT2D eigenvalue weighted by molar-refractivity contribution is 5.77. The highest BCUT2D eigenvalue weighted by Gasteiger charge is 2.30. The molecule has 1 aromatic rings. The summed E-state index contributed by atoms with van der Waals surface area (Å²) in [5.41, 5.74) is -0.717. The second kappa shape index (κ2) is 6.53. The molecule has 0 heterocycles. The van der Waals surface area contributed by atoms with Crippen LogP contribution in [0.1, 0.15) is 17.2 Å². The van der Waals surface area contributed by atoms with Gasteiger partial charge in [-0.15, -0.1) is 0 Å². The number of likely N-dealkylation sites (N-methyl/N-ethyl adjacent to an activating group) is 1. The lowest BCUT2D eigenvalue weighted by Gasteiger charge is -2.14. The van der Waals surface area contributed by atoms with E-state index < -0.39 is 17.8 Å². The Balaban J connectivity index is 2.67. The zero-order chi connectivity index (χ0) is 14.5. The third kappa shape index (κ3) is 4.88. The van der Waals surface area contributed by atoms with Crippen LogP contribution < -0.4 is 10.6 Å². The Morgan fingerprint density at radius 3 is 2.68 bits per heavy atom. The average molecular weight is 276 g/mol. The number of amides is 1. The Morgan fingerprint density at radius 1 is 1.42 bits per heavy atom. The number of hydrogen-bond donors (Lipinski definition) is 3. The molecular weight excluding hydrogens is 261 g/mol. The maximum Gasteiger partial charge on any atom is 0.416 e. The Hall–Kier alpha value is -1.60. The van der Waals surface area contributed by atoms with Crippen molar-refractivity contribution >= 4 is 5.91 Å². The monoisotopic (exact) mass is 276 g/mol. The van der Waals surface area contributed by atoms with Crippen molar-refractivity contribution in [2.45, 2.75) is 12.3 Å². The van der Waals surface area contributed by atoms with E-state index in [1.807, 2.05) is 0 Å². The summed E-state index contributed by atoms with van der Waals surface area (Å²) in [7, 11) is 1.59. The minimum Gasteiger partial charge on any atom is -0.387 e. The molecule has 1 rings (SSSR count). The topological polar surface area (TPSA) is 61.4 Å². The number of carbonyl (C=O) groups is 1. The van der Waals surface area contributed by atoms with Crippen molar-refractivity contribution in [3.8, 4) is 0 Å². The van der Waals surface area contributed by atoms with Crippen LogP contribution in [0.5, 0.6) is 0 Å². The SMILES string of the molecule is CNCC(=O)NCC(O)c1cccc(C(F)(F)F)c1. The van der Waals surface area contributed by atoms with E-state index >= 15 is 0 Å². The van der Waals surface area contributed by atoms with Crippen molar-refractivity contribution in [3.05, 3.63) is 35.4 Å². The van der Waals surface area contributed by atoms with Crippen molar-refractivity contribution in [2.24, 2.45) is 0 Å². The van der Waals surface area contributed by atoms with Gasteiger partial charge < -0.3 is 15.7 Å². The summed E-state index contributed by atoms with van der Waals surface area (Å²) in [5.74, 6) is -0.339. The zero-order valence-electron chi connectivity index (χ0n) is 10.3. The van der Waals surface area contributed by atoms with Gasteiger partial charge in [-0.3, -0.25) is 4.79 Å². The molecule has 1 amide bonds. The third-order valence-electron chi connectivity index (χ3n) is 2.43. The minimum absolute atomic E-state index is 0.0787. The summed E-state index contributed by atoms with van der Waals surface area (Å²) in [6, 6.07) is 4.39. The van der Waals surface area contributed by atoms with Crippen LogP contribution in [0.3, 0.4) is 0 Å². The van der Waals surface area contributed by atoms with Gasteiger partial charge in [-0.1, -0.05) is 12.1 Å². The van der Waals surface area contributed by atoms with Crippen LogP contribution in [0.4, 0.5) is 13.2 Å². The molecule has 0 spiro atoms. The van der Waals surface area contributed by atoms with Gasteiger partial charge in [0.25, 0.3) is 0 Å². The van der Waals surface area contributed by atoms with Gasteiger partial charge in [-0.05, 0) is 24.7 Å². The van der Waals surface area contributed by atoms with Crippen molar-refractivity contribution in [1.29, 1.82) is 0 Å². The number of hydrogen-bond acceptors (Lipinski definition) is 3. The van der Waals surface area contributed by atoms with E-state index in [2.05, 4.69) is 10.6 Å². The first kappa shape index (κ1) is 15.5. The first-order valence-corrected chi connectivity index (χ1v) is 5.61. The molecule has 0 aliphatic rings. The molecule has 19 heavy (non-hydrogen) atoms. The molecule has 0 fully saturated rings. The van der Waals surface area contributed by atoms with Gasteiger partial charge >= 0.3 is 6.18 Å². The van der Waals surface area contributed by atoms with E-state index in [4.69, 9.17) is 0 Å². The van der Waals surface area contributed by atoms with E-state index in [0.717, 1.165) is 12.1 Å². The molecule has 3 N–H and O–H groups in total. The number of carbonyl (C=O) groups excluding carboxylic acids is 1. The average Bonchev–Trinajstić information content (AvgIpc) is 2.35. The Bertz CT molecular complexity index is 435. The molecule has 1 aromatic carbocycles. The molecule has 1 atom stereocenters. The Kier molecular flexibility index (Phi) is 5.31. The van der Waals surface area contributed by atoms with Crippen molar-refractivity contribution in [1.82, 2.24) is 10.6 Å². The maximum atomic E-state index is 12.5. The fourth-order valence-corrected chi connectivity index (χ4v) is 1.47. The van der Waals surface area contributed by atoms with Crippen molar-refractivity contribution < 1.29 is 23.1 Å². The predicted molar refractivity (Wildman–Crippen MR) is 63.3 cm³/mol. The number of benzene rings is 1. The number of aliphatic hydroxyl groups excluding tert-OH is 1. The first-order chi connectivity index (χ1) is 8.84. The summed E-state index contributed by atoms with van der Waals surface area (Å²) >= 11 is 0. The molecular formula is C12H15F3N2O2. The standard InChI is InChI=1S/C12H15F3N2O2/c1-16-7-11(19)17-6-10(18)8-3-2-4-9(5-8)12(13,14)15/h2-5,10,16,18H,6-7H2,1H3,(H,17,19). The van der Waals surface area contributed by atoms with Gasteiger partial charge in [0.2, 0.25) is 5.91 Å². The van der Waals surface area contributed by atoms with Crippen LogP contribution in [0.2, 0.25) is 0 Å². The Labute approximate surface area is 108 Å². The lowest BCUT2D eigenvalue weighted by Crippen LogP contribution is -2.34. The summed E-state index contributed by atoms with van der Waals surface area (Å²) in [6.07, 6.45) is -5.63. The fraction of sp³-hybridized carbons (Fsp3) is 0.417. The third-order valence-corrected chi connectivity index (χ3v) is 2.43. The lowest BCUT2D eigenvalue weighted by molar-refractivity contribution is -0.137. The molecule has 0 bridgehead atoms. The van der Waals surface area contributed by atoms with Gasteiger partial charge in [0.15, 0.2) is 0 Å². The number of alkyl halides is 3. The molecule has 7 heteroatoms. The van der Waals surface area contributed by atoms with Crippen LogP contribution in [-0.2, 0) is 11.0 Å². The number of halogens is 3. The second-order valence-corrected chi connectivity index (χ2v) is 3.97. The van der Waals surface area contributed by atoms with E-state index in [1.54, 1.807) is 7.05 Å². The summed E-state index contributed by atoms with van der Waals surface area (Å²) in [5, 5.41) is 14.8. The summed E-state index contributed by atoms with van der Waals surface area (Å²) in [6.45, 7) is -0.0584. The van der Waals surface area contributed by atoms with Crippen LogP contribution >= 0.6 is 0 Å². The highest BCUT2D eigenvalue weighted by Crippen LogP contribution is 2.30. The largest absolute Gasteiger partial charge is 0.416 e. The molecule has 106 valence electrons. The molecule has 0 aliphatic carbocycles. The zero-order valence-corrected chi connectivity index (χ0v) is 10.3. The molecule has 4 nitrogen and oxygen atoms in total. The van der Waals surface area contributed by atoms with Crippen LogP contribution in [0.25, 0.3) is 0 Å². The lowest BCUT2D eigenvalue weighted by atomic mass is 10.1. The van der Waals surface area contributed by atoms with Gasteiger partial charge in [-0.2, -0.15) is 13.2 Å². The maximum absolute atomic E-state index is 12.5. The first-order valence-electron chi connectivity index (χ1n) is 5.61. The number of rotatable bonds is 5. The van der Waals surface area contributed by atoms with Gasteiger partial charge in [0.05, 0.1) is 18.2 Å². The molecule has 0 aliphatic heterocycles. The van der Waals surface area contributed by atoms with E-state index in [-0.39, 0.29) is 24.6 Å². The van der Waals surface area contributed by atoms with Gasteiger partial charge in [-0.25, -0.2) is 0 Å². The van der Waals surface area contributed by atoms with Crippen LogP contribution in [0.15, 0.2) is 24.3 Å². The van der Waals surface area contributed by atoms with Crippen LogP contribution in [0, 0.1) is 0 Å². The fourth-order valence-electron chi connectivity index (χ4n) is 1.47. The van der Waals surface area contributed by atoms with Crippen LogP contribution in [-0.4, -0.2) is 31.2 Å². The van der Waals surface area contributed by atoms with E-state index in [1.165, 1.54) is 12.1 Å². The highest BCUT2D eigenvalue weighted by atomic mass is 19.4. The normalized spacial score (nSPS) is 13.1. The summed E-state index contributed by atoms with van der Waals surface area (Å²) in [4.78, 5) is 11.1. The van der Waals surface area contributed by atoms with E-state index in [9.17, 15) is 23.1 Å². The number of nitrogens with one attached hydrogen (secondary N) is 2. The Morgan fingerprint density at radius 2 is 2.11 bits per heavy atom. The van der Waals surface area contributed by atoms with Gasteiger partial charge in [0.1, 0.15) is 0 Å². The predicted octanol–water partition coefficient (Wildman–Crippen LogP) is 1.07. The quantitative estimate of drug-likeness (QED) is 0.754. The van der Waals surface area contributed by atoms with E-state index in [0.29, 0.717) is 0 Å². The molecule has 0 saturated carbocycles.